The second kappa shape index (κ2) is 19.2. The Labute approximate surface area is 319 Å². The van der Waals surface area contributed by atoms with Crippen molar-refractivity contribution in [2.45, 2.75) is 105 Å². The number of aliphatic hydroxyl groups is 8. The fourth-order valence-electron chi connectivity index (χ4n) is 6.29. The summed E-state index contributed by atoms with van der Waals surface area (Å²) in [4.78, 5) is 13.4. The van der Waals surface area contributed by atoms with Crippen LogP contribution in [0.3, 0.4) is 0 Å². The zero-order valence-corrected chi connectivity index (χ0v) is 30.2. The number of phenols is 3. The zero-order chi connectivity index (χ0) is 40.8. The predicted molar refractivity (Wildman–Crippen MR) is 185 cm³/mol. The van der Waals surface area contributed by atoms with E-state index in [9.17, 15) is 61.0 Å². The van der Waals surface area contributed by atoms with Crippen LogP contribution >= 0.6 is 0 Å². The molecule has 0 aromatic heterocycles. The molecule has 20 nitrogen and oxygen atoms in total. The van der Waals surface area contributed by atoms with Crippen LogP contribution in [-0.4, -0.2) is 181 Å². The molecule has 0 radical (unpaired) electrons. The van der Waals surface area contributed by atoms with Crippen LogP contribution in [0.2, 0.25) is 0 Å². The summed E-state index contributed by atoms with van der Waals surface area (Å²) in [6.07, 6.45) is -22.2. The Morgan fingerprint density at radius 3 is 2.07 bits per heavy atom. The first-order valence-corrected chi connectivity index (χ1v) is 17.6. The maximum Gasteiger partial charge on any atom is 0.331 e. The molecule has 5 rings (SSSR count). The minimum atomic E-state index is -1.87. The van der Waals surface area contributed by atoms with Crippen LogP contribution in [0, 0.1) is 0 Å². The average molecular weight is 801 g/mol. The van der Waals surface area contributed by atoms with E-state index in [-0.39, 0.29) is 36.0 Å². The van der Waals surface area contributed by atoms with Crippen LogP contribution < -0.4 is 4.74 Å². The minimum absolute atomic E-state index is 0.115. The number of ether oxygens (including phenoxy) is 8. The summed E-state index contributed by atoms with van der Waals surface area (Å²) in [5.74, 6) is -1.81. The van der Waals surface area contributed by atoms with Gasteiger partial charge in [0, 0.05) is 6.08 Å². The van der Waals surface area contributed by atoms with Crippen molar-refractivity contribution >= 4 is 12.0 Å². The Kier molecular flexibility index (Phi) is 14.9. The molecule has 3 saturated heterocycles. The third-order valence-electron chi connectivity index (χ3n) is 9.57. The standard InChI is InChI=1S/C36H48O20/c1-15-25(42)27(44)30(47)36(52-15)56-33-31(48)35(50-10-9-17-3-6-18(38)20(40)11-17)54-23(14-51-34-29(46)28(45)26(43)22(13-37)53-34)32(33)55-24(41)8-5-16-4-7-19(39)21(12-16)49-2/h3-8,11-12,15,22-23,25-40,42-48H,9-10,13-14H2,1-2H3/b8-5-/t15-,22+,23+,25-,26-,27+,28-,29+,30+,31+,32+,33+,34+,35+,36-/m0/s1. The van der Waals surface area contributed by atoms with E-state index in [0.717, 1.165) is 6.08 Å². The third kappa shape index (κ3) is 10.0. The van der Waals surface area contributed by atoms with Crippen LogP contribution in [0.4, 0.5) is 0 Å². The van der Waals surface area contributed by atoms with Gasteiger partial charge in [0.25, 0.3) is 0 Å². The first kappa shape index (κ1) is 43.4. The van der Waals surface area contributed by atoms with Crippen LogP contribution in [0.15, 0.2) is 42.5 Å². The Morgan fingerprint density at radius 1 is 0.714 bits per heavy atom. The molecule has 0 unspecified atom stereocenters. The third-order valence-corrected chi connectivity index (χ3v) is 9.57. The van der Waals surface area contributed by atoms with Gasteiger partial charge in [0.1, 0.15) is 61.0 Å². The van der Waals surface area contributed by atoms with Crippen molar-refractivity contribution in [1.29, 1.82) is 0 Å². The van der Waals surface area contributed by atoms with Gasteiger partial charge in [0.05, 0.1) is 33.0 Å². The average Bonchev–Trinajstić information content (AvgIpc) is 3.18. The molecule has 2 aromatic rings. The number of hydrogen-bond acceptors (Lipinski definition) is 20. The zero-order valence-electron chi connectivity index (χ0n) is 30.2. The lowest BCUT2D eigenvalue weighted by Crippen LogP contribution is -2.65. The van der Waals surface area contributed by atoms with E-state index in [4.69, 9.17) is 37.9 Å². The van der Waals surface area contributed by atoms with Gasteiger partial charge in [-0.2, -0.15) is 0 Å². The van der Waals surface area contributed by atoms with Crippen molar-refractivity contribution in [3.8, 4) is 23.0 Å². The molecule has 20 heteroatoms. The summed E-state index contributed by atoms with van der Waals surface area (Å²) in [7, 11) is 1.33. The molecule has 0 saturated carbocycles. The highest BCUT2D eigenvalue weighted by Crippen LogP contribution is 2.33. The Bertz CT molecular complexity index is 1620. The van der Waals surface area contributed by atoms with Crippen molar-refractivity contribution in [3.63, 3.8) is 0 Å². The number of benzene rings is 2. The monoisotopic (exact) mass is 800 g/mol. The molecule has 3 aliphatic rings. The maximum atomic E-state index is 13.4. The molecule has 312 valence electrons. The number of methoxy groups -OCH3 is 1. The van der Waals surface area contributed by atoms with Crippen molar-refractivity contribution in [2.24, 2.45) is 0 Å². The number of aromatic hydroxyl groups is 3. The van der Waals surface area contributed by atoms with E-state index < -0.39 is 111 Å². The molecule has 0 aliphatic carbocycles. The quantitative estimate of drug-likeness (QED) is 0.0519. The normalized spacial score (nSPS) is 36.4. The maximum absolute atomic E-state index is 13.4. The summed E-state index contributed by atoms with van der Waals surface area (Å²) in [6.45, 7) is -0.207. The van der Waals surface area contributed by atoms with Gasteiger partial charge in [-0.25, -0.2) is 4.79 Å². The molecule has 15 atom stereocenters. The van der Waals surface area contributed by atoms with E-state index in [0.29, 0.717) is 11.1 Å². The molecule has 11 N–H and O–H groups in total. The van der Waals surface area contributed by atoms with Gasteiger partial charge in [0.15, 0.2) is 48.0 Å². The van der Waals surface area contributed by atoms with Gasteiger partial charge in [-0.3, -0.25) is 0 Å². The lowest BCUT2D eigenvalue weighted by molar-refractivity contribution is -0.364. The molecule has 2 aromatic carbocycles. The molecular weight excluding hydrogens is 752 g/mol. The molecule has 0 bridgehead atoms. The second-order valence-corrected chi connectivity index (χ2v) is 13.5. The molecule has 3 fully saturated rings. The summed E-state index contributed by atoms with van der Waals surface area (Å²) >= 11 is 0. The minimum Gasteiger partial charge on any atom is -0.504 e. The highest BCUT2D eigenvalue weighted by atomic mass is 16.8. The van der Waals surface area contributed by atoms with Gasteiger partial charge >= 0.3 is 5.97 Å². The van der Waals surface area contributed by atoms with E-state index >= 15 is 0 Å². The van der Waals surface area contributed by atoms with Crippen molar-refractivity contribution < 1.29 is 98.9 Å². The molecule has 3 heterocycles. The molecule has 56 heavy (non-hydrogen) atoms. The summed E-state index contributed by atoms with van der Waals surface area (Å²) in [6, 6.07) is 8.31. The van der Waals surface area contributed by atoms with E-state index in [2.05, 4.69) is 0 Å². The molecule has 0 amide bonds. The van der Waals surface area contributed by atoms with Crippen LogP contribution in [0.5, 0.6) is 23.0 Å². The fraction of sp³-hybridized carbons (Fsp3) is 0.583. The van der Waals surface area contributed by atoms with Gasteiger partial charge in [-0.05, 0) is 54.8 Å². The van der Waals surface area contributed by atoms with E-state index in [1.54, 1.807) is 0 Å². The summed E-state index contributed by atoms with van der Waals surface area (Å²) in [5.41, 5.74) is 0.925. The van der Waals surface area contributed by atoms with Gasteiger partial charge in [-0.1, -0.05) is 12.1 Å². The summed E-state index contributed by atoms with van der Waals surface area (Å²) < 4.78 is 45.5. The number of rotatable bonds is 14. The Hall–Kier alpha value is -3.71. The van der Waals surface area contributed by atoms with Crippen LogP contribution in [0.25, 0.3) is 6.08 Å². The first-order valence-electron chi connectivity index (χ1n) is 17.6. The number of phenolic OH excluding ortho intramolecular Hbond substituents is 3. The van der Waals surface area contributed by atoms with Gasteiger partial charge in [0.2, 0.25) is 0 Å². The topological polar surface area (TPSA) is 313 Å². The van der Waals surface area contributed by atoms with Crippen molar-refractivity contribution in [1.82, 2.24) is 0 Å². The molecular formula is C36H48O20. The van der Waals surface area contributed by atoms with Crippen molar-refractivity contribution in [2.75, 3.05) is 26.9 Å². The number of aliphatic hydroxyl groups excluding tert-OH is 8. The van der Waals surface area contributed by atoms with Gasteiger partial charge in [-0.15, -0.1) is 0 Å². The lowest BCUT2D eigenvalue weighted by Gasteiger charge is -2.47. The SMILES string of the molecule is COc1cc(/C=C\C(=O)O[C@H]2[C@H](O[C@@H]3O[C@@H](C)[C@H](O)[C@@H](O)[C@H]3O)[C@@H](O)[C@H](OCCc3ccc(O)c(O)c3)O[C@@H]2CO[C@@H]2O[C@H](CO)[C@H](O)[C@H](O)[C@H]2O)ccc1O. The smallest absolute Gasteiger partial charge is 0.331 e. The fourth-order valence-corrected chi connectivity index (χ4v) is 6.29. The number of esters is 1. The highest BCUT2D eigenvalue weighted by molar-refractivity contribution is 5.87. The van der Waals surface area contributed by atoms with Crippen LogP contribution in [-0.2, 0) is 44.4 Å². The number of hydrogen-bond donors (Lipinski definition) is 11. The Morgan fingerprint density at radius 2 is 1.38 bits per heavy atom. The highest BCUT2D eigenvalue weighted by Gasteiger charge is 2.53. The van der Waals surface area contributed by atoms with E-state index in [1.165, 1.54) is 56.5 Å². The number of carbonyl (C=O) groups is 1. The first-order chi connectivity index (χ1) is 26.6. The second-order valence-electron chi connectivity index (χ2n) is 13.5. The van der Waals surface area contributed by atoms with Gasteiger partial charge < -0.3 is 94.1 Å². The van der Waals surface area contributed by atoms with Crippen LogP contribution in [0.1, 0.15) is 18.1 Å². The molecule has 0 spiro atoms. The number of carbonyl (C=O) groups excluding carboxylic acids is 1. The largest absolute Gasteiger partial charge is 0.504 e. The van der Waals surface area contributed by atoms with Crippen molar-refractivity contribution in [3.05, 3.63) is 53.6 Å². The predicted octanol–water partition coefficient (Wildman–Crippen LogP) is -2.89. The lowest BCUT2D eigenvalue weighted by atomic mass is 9.96. The summed E-state index contributed by atoms with van der Waals surface area (Å²) in [5, 5.41) is 113. The molecule has 3 aliphatic heterocycles. The Balaban J connectivity index is 1.44. The van der Waals surface area contributed by atoms with E-state index in [1.807, 2.05) is 0 Å².